The van der Waals surface area contributed by atoms with E-state index < -0.39 is 5.97 Å². The molecule has 1 aliphatic rings. The quantitative estimate of drug-likeness (QED) is 0.908. The molecule has 0 aliphatic carbocycles. The molecule has 102 valence electrons. The van der Waals surface area contributed by atoms with Gasteiger partial charge in [0.15, 0.2) is 0 Å². The van der Waals surface area contributed by atoms with Crippen LogP contribution < -0.4 is 4.90 Å². The number of fused-ring (bicyclic) bond motifs is 1. The molecule has 1 N–H and O–H groups in total. The lowest BCUT2D eigenvalue weighted by Crippen LogP contribution is -2.18. The second kappa shape index (κ2) is 5.33. The number of carboxylic acids is 1. The van der Waals surface area contributed by atoms with Crippen molar-refractivity contribution in [1.29, 1.82) is 0 Å². The number of anilines is 2. The van der Waals surface area contributed by atoms with Gasteiger partial charge in [-0.2, -0.15) is 0 Å². The fraction of sp³-hybridized carbons (Fsp3) is 0.250. The van der Waals surface area contributed by atoms with Gasteiger partial charge >= 0.3 is 5.97 Å². The van der Waals surface area contributed by atoms with Crippen LogP contribution in [-0.2, 0) is 6.42 Å². The van der Waals surface area contributed by atoms with Gasteiger partial charge in [-0.25, -0.2) is 9.78 Å². The van der Waals surface area contributed by atoms with Gasteiger partial charge in [0.25, 0.3) is 0 Å². The van der Waals surface area contributed by atoms with E-state index >= 15 is 0 Å². The lowest BCUT2D eigenvalue weighted by atomic mass is 10.1. The molecule has 0 saturated carbocycles. The summed E-state index contributed by atoms with van der Waals surface area (Å²) in [5.41, 5.74) is 3.47. The first-order valence-corrected chi connectivity index (χ1v) is 6.80. The molecule has 20 heavy (non-hydrogen) atoms. The first-order valence-electron chi connectivity index (χ1n) is 6.80. The average molecular weight is 268 g/mol. The molecule has 0 radical (unpaired) electrons. The van der Waals surface area contributed by atoms with Crippen molar-refractivity contribution in [1.82, 2.24) is 4.98 Å². The molecule has 1 aliphatic heterocycles. The molecular weight excluding hydrogens is 252 g/mol. The van der Waals surface area contributed by atoms with E-state index in [2.05, 4.69) is 28.1 Å². The Hall–Kier alpha value is -2.36. The van der Waals surface area contributed by atoms with Crippen LogP contribution in [0, 0.1) is 0 Å². The molecule has 0 spiro atoms. The van der Waals surface area contributed by atoms with Crippen molar-refractivity contribution < 1.29 is 9.90 Å². The summed E-state index contributed by atoms with van der Waals surface area (Å²) in [6.07, 6.45) is 4.89. The van der Waals surface area contributed by atoms with Crippen molar-refractivity contribution in [2.24, 2.45) is 0 Å². The predicted octanol–water partition coefficient (Wildman–Crippen LogP) is 3.25. The van der Waals surface area contributed by atoms with Gasteiger partial charge in [0, 0.05) is 24.1 Å². The number of hydrogen-bond acceptors (Lipinski definition) is 3. The molecule has 3 rings (SSSR count). The lowest BCUT2D eigenvalue weighted by molar-refractivity contribution is 0.0690. The number of rotatable bonds is 2. The lowest BCUT2D eigenvalue weighted by Gasteiger charge is -2.25. The van der Waals surface area contributed by atoms with E-state index in [1.807, 2.05) is 12.1 Å². The number of pyridine rings is 1. The summed E-state index contributed by atoms with van der Waals surface area (Å²) >= 11 is 0. The molecular formula is C16H16N2O2. The maximum Gasteiger partial charge on any atom is 0.354 e. The Kier molecular flexibility index (Phi) is 3.37. The van der Waals surface area contributed by atoms with Crippen LogP contribution in [0.1, 0.15) is 28.9 Å². The van der Waals surface area contributed by atoms with Gasteiger partial charge in [-0.05, 0) is 43.0 Å². The molecule has 4 heteroatoms. The van der Waals surface area contributed by atoms with Gasteiger partial charge in [0.05, 0.1) is 0 Å². The van der Waals surface area contributed by atoms with Crippen molar-refractivity contribution in [3.8, 4) is 0 Å². The smallest absolute Gasteiger partial charge is 0.354 e. The van der Waals surface area contributed by atoms with Crippen LogP contribution in [0.3, 0.4) is 0 Å². The first-order chi connectivity index (χ1) is 9.75. The number of aromatic nitrogens is 1. The van der Waals surface area contributed by atoms with Gasteiger partial charge in [-0.3, -0.25) is 0 Å². The Morgan fingerprint density at radius 1 is 1.20 bits per heavy atom. The Morgan fingerprint density at radius 3 is 2.90 bits per heavy atom. The molecule has 0 amide bonds. The van der Waals surface area contributed by atoms with Gasteiger partial charge in [-0.15, -0.1) is 0 Å². The first kappa shape index (κ1) is 12.7. The fourth-order valence-electron chi connectivity index (χ4n) is 2.66. The Labute approximate surface area is 117 Å². The zero-order valence-electron chi connectivity index (χ0n) is 11.1. The van der Waals surface area contributed by atoms with Crippen LogP contribution in [0.25, 0.3) is 0 Å². The fourth-order valence-corrected chi connectivity index (χ4v) is 2.66. The van der Waals surface area contributed by atoms with E-state index in [0.717, 1.165) is 31.5 Å². The van der Waals surface area contributed by atoms with Crippen LogP contribution in [-0.4, -0.2) is 22.6 Å². The summed E-state index contributed by atoms with van der Waals surface area (Å²) in [7, 11) is 0. The number of aromatic carboxylic acids is 1. The highest BCUT2D eigenvalue weighted by Gasteiger charge is 2.17. The molecule has 0 fully saturated rings. The topological polar surface area (TPSA) is 53.4 Å². The summed E-state index contributed by atoms with van der Waals surface area (Å²) in [6.45, 7) is 0.903. The largest absolute Gasteiger partial charge is 0.477 e. The molecule has 4 nitrogen and oxygen atoms in total. The van der Waals surface area contributed by atoms with Crippen molar-refractivity contribution in [3.05, 3.63) is 53.9 Å². The highest BCUT2D eigenvalue weighted by atomic mass is 16.4. The third-order valence-electron chi connectivity index (χ3n) is 3.63. The molecule has 1 aromatic heterocycles. The molecule has 0 saturated heterocycles. The van der Waals surface area contributed by atoms with E-state index in [1.165, 1.54) is 11.3 Å². The number of carboxylic acid groups (broad SMARTS) is 1. The number of benzene rings is 1. The molecule has 0 bridgehead atoms. The van der Waals surface area contributed by atoms with Crippen LogP contribution in [0.5, 0.6) is 0 Å². The third kappa shape index (κ3) is 2.37. The minimum Gasteiger partial charge on any atom is -0.477 e. The summed E-state index contributed by atoms with van der Waals surface area (Å²) < 4.78 is 0. The summed E-state index contributed by atoms with van der Waals surface area (Å²) in [5, 5.41) is 9.08. The van der Waals surface area contributed by atoms with E-state index in [9.17, 15) is 4.79 Å². The molecule has 0 atom stereocenters. The average Bonchev–Trinajstić information content (AvgIpc) is 2.69. The van der Waals surface area contributed by atoms with E-state index in [0.29, 0.717) is 0 Å². The molecule has 2 aromatic rings. The predicted molar refractivity (Wildman–Crippen MR) is 77.6 cm³/mol. The van der Waals surface area contributed by atoms with Crippen LogP contribution in [0.15, 0.2) is 42.6 Å². The van der Waals surface area contributed by atoms with Crippen LogP contribution >= 0.6 is 0 Å². The van der Waals surface area contributed by atoms with Gasteiger partial charge in [-0.1, -0.05) is 18.2 Å². The third-order valence-corrected chi connectivity index (χ3v) is 3.63. The summed E-state index contributed by atoms with van der Waals surface area (Å²) in [5.74, 6) is -0.991. The zero-order valence-corrected chi connectivity index (χ0v) is 11.1. The van der Waals surface area contributed by atoms with Crippen molar-refractivity contribution in [2.45, 2.75) is 19.3 Å². The zero-order chi connectivity index (χ0) is 13.9. The van der Waals surface area contributed by atoms with Crippen LogP contribution in [0.4, 0.5) is 11.4 Å². The molecule has 2 heterocycles. The molecule has 0 unspecified atom stereocenters. The second-order valence-electron chi connectivity index (χ2n) is 4.94. The molecule has 1 aromatic carbocycles. The van der Waals surface area contributed by atoms with Crippen LogP contribution in [0.2, 0.25) is 0 Å². The maximum atomic E-state index is 11.1. The number of hydrogen-bond donors (Lipinski definition) is 1. The van der Waals surface area contributed by atoms with Crippen molar-refractivity contribution in [3.63, 3.8) is 0 Å². The van der Waals surface area contributed by atoms with E-state index in [1.54, 1.807) is 12.3 Å². The van der Waals surface area contributed by atoms with E-state index in [4.69, 9.17) is 5.11 Å². The Bertz CT molecular complexity index is 640. The van der Waals surface area contributed by atoms with Crippen molar-refractivity contribution >= 4 is 17.3 Å². The number of nitrogens with zero attached hydrogens (tertiary/aromatic N) is 2. The SMILES string of the molecule is O=C(O)c1cc(N2CCCCc3ccccc32)ccn1. The maximum absolute atomic E-state index is 11.1. The van der Waals surface area contributed by atoms with Crippen molar-refractivity contribution in [2.75, 3.05) is 11.4 Å². The number of para-hydroxylation sites is 1. The normalized spacial score (nSPS) is 14.5. The van der Waals surface area contributed by atoms with Gasteiger partial charge in [0.1, 0.15) is 5.69 Å². The highest BCUT2D eigenvalue weighted by molar-refractivity contribution is 5.87. The summed E-state index contributed by atoms with van der Waals surface area (Å²) in [6, 6.07) is 11.8. The Morgan fingerprint density at radius 2 is 2.05 bits per heavy atom. The monoisotopic (exact) mass is 268 g/mol. The number of aryl methyl sites for hydroxylation is 1. The second-order valence-corrected chi connectivity index (χ2v) is 4.94. The minimum atomic E-state index is -0.991. The highest BCUT2D eigenvalue weighted by Crippen LogP contribution is 2.32. The standard InChI is InChI=1S/C16H16N2O2/c19-16(20)14-11-13(8-9-17-14)18-10-4-3-6-12-5-1-2-7-15(12)18/h1-2,5,7-9,11H,3-4,6,10H2,(H,19,20). The minimum absolute atomic E-state index is 0.0872. The van der Waals surface area contributed by atoms with E-state index in [-0.39, 0.29) is 5.69 Å². The summed E-state index contributed by atoms with van der Waals surface area (Å²) in [4.78, 5) is 17.1. The van der Waals surface area contributed by atoms with Gasteiger partial charge in [0.2, 0.25) is 0 Å². The Balaban J connectivity index is 2.05. The number of carbonyl (C=O) groups is 1. The van der Waals surface area contributed by atoms with Gasteiger partial charge < -0.3 is 10.0 Å².